The lowest BCUT2D eigenvalue weighted by atomic mass is 9.92. The first-order valence-electron chi connectivity index (χ1n) is 5.73. The number of carbonyl (C=O) groups is 1. The highest BCUT2D eigenvalue weighted by Crippen LogP contribution is 2.34. The van der Waals surface area contributed by atoms with Crippen molar-refractivity contribution in [3.05, 3.63) is 0 Å². The Morgan fingerprint density at radius 3 is 2.36 bits per heavy atom. The molecule has 0 aliphatic heterocycles. The highest BCUT2D eigenvalue weighted by Gasteiger charge is 2.32. The van der Waals surface area contributed by atoms with E-state index in [0.29, 0.717) is 11.8 Å². The van der Waals surface area contributed by atoms with Crippen molar-refractivity contribution in [1.82, 2.24) is 0 Å². The third kappa shape index (κ3) is 2.73. The molecule has 0 spiro atoms. The largest absolute Gasteiger partial charge is 0.462 e. The van der Waals surface area contributed by atoms with Gasteiger partial charge in [-0.3, -0.25) is 4.79 Å². The van der Waals surface area contributed by atoms with Crippen LogP contribution >= 0.6 is 0 Å². The van der Waals surface area contributed by atoms with E-state index in [4.69, 9.17) is 4.74 Å². The molecule has 2 heteroatoms. The Balaban J connectivity index is 2.47. The molecule has 2 unspecified atom stereocenters. The molecule has 0 aromatic rings. The summed E-state index contributed by atoms with van der Waals surface area (Å²) in [7, 11) is 0. The Labute approximate surface area is 87.0 Å². The summed E-state index contributed by atoms with van der Waals surface area (Å²) < 4.78 is 5.51. The third-order valence-electron chi connectivity index (χ3n) is 3.10. The second kappa shape index (κ2) is 4.81. The highest BCUT2D eigenvalue weighted by atomic mass is 16.5. The van der Waals surface area contributed by atoms with Gasteiger partial charge < -0.3 is 4.74 Å². The van der Waals surface area contributed by atoms with Gasteiger partial charge in [0.05, 0.1) is 5.92 Å². The standard InChI is InChI=1S/C12H22O2/c1-8(2)10-6-5-7-11(10)14-12(13)9(3)4/h8-11H,5-7H2,1-4H3. The second-order valence-corrected chi connectivity index (χ2v) is 4.97. The molecule has 1 aliphatic carbocycles. The topological polar surface area (TPSA) is 26.3 Å². The summed E-state index contributed by atoms with van der Waals surface area (Å²) in [5, 5.41) is 0. The Morgan fingerprint density at radius 1 is 1.21 bits per heavy atom. The molecular weight excluding hydrogens is 176 g/mol. The zero-order valence-corrected chi connectivity index (χ0v) is 9.75. The van der Waals surface area contributed by atoms with E-state index in [2.05, 4.69) is 13.8 Å². The van der Waals surface area contributed by atoms with Gasteiger partial charge in [0, 0.05) is 0 Å². The first kappa shape index (κ1) is 11.5. The molecule has 1 aliphatic rings. The van der Waals surface area contributed by atoms with E-state index in [1.165, 1.54) is 12.8 Å². The van der Waals surface area contributed by atoms with Gasteiger partial charge in [0.1, 0.15) is 6.10 Å². The molecule has 1 fully saturated rings. The van der Waals surface area contributed by atoms with Crippen molar-refractivity contribution in [3.8, 4) is 0 Å². The molecule has 0 bridgehead atoms. The number of hydrogen-bond donors (Lipinski definition) is 0. The molecule has 0 amide bonds. The van der Waals surface area contributed by atoms with Gasteiger partial charge in [0.25, 0.3) is 0 Å². The van der Waals surface area contributed by atoms with Gasteiger partial charge in [-0.05, 0) is 31.1 Å². The lowest BCUT2D eigenvalue weighted by Crippen LogP contribution is -2.27. The summed E-state index contributed by atoms with van der Waals surface area (Å²) in [4.78, 5) is 11.4. The van der Waals surface area contributed by atoms with Gasteiger partial charge in [-0.2, -0.15) is 0 Å². The van der Waals surface area contributed by atoms with E-state index in [-0.39, 0.29) is 18.0 Å². The van der Waals surface area contributed by atoms with Crippen molar-refractivity contribution >= 4 is 5.97 Å². The van der Waals surface area contributed by atoms with Crippen LogP contribution < -0.4 is 0 Å². The summed E-state index contributed by atoms with van der Waals surface area (Å²) in [6.07, 6.45) is 3.67. The first-order chi connectivity index (χ1) is 6.52. The van der Waals surface area contributed by atoms with Crippen LogP contribution in [0.3, 0.4) is 0 Å². The zero-order chi connectivity index (χ0) is 10.7. The SMILES string of the molecule is CC(C)C(=O)OC1CCCC1C(C)C. The fraction of sp³-hybridized carbons (Fsp3) is 0.917. The van der Waals surface area contributed by atoms with E-state index in [9.17, 15) is 4.79 Å². The lowest BCUT2D eigenvalue weighted by molar-refractivity contribution is -0.155. The van der Waals surface area contributed by atoms with E-state index < -0.39 is 0 Å². The van der Waals surface area contributed by atoms with Crippen molar-refractivity contribution in [2.75, 3.05) is 0 Å². The molecule has 0 N–H and O–H groups in total. The third-order valence-corrected chi connectivity index (χ3v) is 3.10. The van der Waals surface area contributed by atoms with Crippen LogP contribution in [0, 0.1) is 17.8 Å². The van der Waals surface area contributed by atoms with Gasteiger partial charge in [-0.1, -0.05) is 27.7 Å². The maximum absolute atomic E-state index is 11.4. The van der Waals surface area contributed by atoms with Crippen LogP contribution in [0.1, 0.15) is 47.0 Å². The smallest absolute Gasteiger partial charge is 0.308 e. The number of hydrogen-bond acceptors (Lipinski definition) is 2. The van der Waals surface area contributed by atoms with Gasteiger partial charge in [-0.15, -0.1) is 0 Å². The molecule has 82 valence electrons. The van der Waals surface area contributed by atoms with E-state index in [0.717, 1.165) is 6.42 Å². The van der Waals surface area contributed by atoms with Crippen molar-refractivity contribution in [2.24, 2.45) is 17.8 Å². The summed E-state index contributed by atoms with van der Waals surface area (Å²) >= 11 is 0. The summed E-state index contributed by atoms with van der Waals surface area (Å²) in [6.45, 7) is 8.21. The Hall–Kier alpha value is -0.530. The molecule has 1 saturated carbocycles. The maximum atomic E-state index is 11.4. The minimum absolute atomic E-state index is 0.00316. The van der Waals surface area contributed by atoms with Crippen LogP contribution in [0.15, 0.2) is 0 Å². The minimum Gasteiger partial charge on any atom is -0.462 e. The molecule has 2 atom stereocenters. The Morgan fingerprint density at radius 2 is 1.86 bits per heavy atom. The monoisotopic (exact) mass is 198 g/mol. The molecule has 0 heterocycles. The van der Waals surface area contributed by atoms with Crippen molar-refractivity contribution in [1.29, 1.82) is 0 Å². The summed E-state index contributed by atoms with van der Waals surface area (Å²) in [5.74, 6) is 1.17. The molecular formula is C12H22O2. The van der Waals surface area contributed by atoms with Gasteiger partial charge in [-0.25, -0.2) is 0 Å². The average molecular weight is 198 g/mol. The number of carbonyl (C=O) groups excluding carboxylic acids is 1. The average Bonchev–Trinajstić information content (AvgIpc) is 2.52. The van der Waals surface area contributed by atoms with Crippen LogP contribution in [0.5, 0.6) is 0 Å². The molecule has 0 aromatic carbocycles. The predicted molar refractivity (Wildman–Crippen MR) is 56.9 cm³/mol. The van der Waals surface area contributed by atoms with Crippen LogP contribution in [0.4, 0.5) is 0 Å². The van der Waals surface area contributed by atoms with Gasteiger partial charge in [0.15, 0.2) is 0 Å². The predicted octanol–water partition coefficient (Wildman–Crippen LogP) is 3.01. The fourth-order valence-corrected chi connectivity index (χ4v) is 2.15. The quantitative estimate of drug-likeness (QED) is 0.652. The highest BCUT2D eigenvalue weighted by molar-refractivity contribution is 5.71. The minimum atomic E-state index is -0.0393. The van der Waals surface area contributed by atoms with Crippen LogP contribution in [-0.2, 0) is 9.53 Å². The van der Waals surface area contributed by atoms with Crippen molar-refractivity contribution in [3.63, 3.8) is 0 Å². The fourth-order valence-electron chi connectivity index (χ4n) is 2.15. The van der Waals surface area contributed by atoms with Crippen molar-refractivity contribution in [2.45, 2.75) is 53.1 Å². The molecule has 14 heavy (non-hydrogen) atoms. The second-order valence-electron chi connectivity index (χ2n) is 4.97. The van der Waals surface area contributed by atoms with E-state index in [1.807, 2.05) is 13.8 Å². The number of esters is 1. The van der Waals surface area contributed by atoms with Crippen molar-refractivity contribution < 1.29 is 9.53 Å². The van der Waals surface area contributed by atoms with Gasteiger partial charge >= 0.3 is 5.97 Å². The van der Waals surface area contributed by atoms with Crippen LogP contribution in [0.2, 0.25) is 0 Å². The Bertz CT molecular complexity index is 196. The Kier molecular flexibility index (Phi) is 3.97. The number of rotatable bonds is 3. The molecule has 0 saturated heterocycles. The summed E-state index contributed by atoms with van der Waals surface area (Å²) in [6, 6.07) is 0. The van der Waals surface area contributed by atoms with Crippen LogP contribution in [0.25, 0.3) is 0 Å². The normalized spacial score (nSPS) is 27.3. The first-order valence-corrected chi connectivity index (χ1v) is 5.73. The van der Waals surface area contributed by atoms with Crippen LogP contribution in [-0.4, -0.2) is 12.1 Å². The lowest BCUT2D eigenvalue weighted by Gasteiger charge is -2.23. The summed E-state index contributed by atoms with van der Waals surface area (Å²) in [5.41, 5.74) is 0. The maximum Gasteiger partial charge on any atom is 0.308 e. The molecule has 2 nitrogen and oxygen atoms in total. The van der Waals surface area contributed by atoms with E-state index in [1.54, 1.807) is 0 Å². The molecule has 1 rings (SSSR count). The zero-order valence-electron chi connectivity index (χ0n) is 9.75. The van der Waals surface area contributed by atoms with Gasteiger partial charge in [0.2, 0.25) is 0 Å². The number of ether oxygens (including phenoxy) is 1. The van der Waals surface area contributed by atoms with E-state index >= 15 is 0 Å². The molecule has 0 radical (unpaired) electrons. The molecule has 0 aromatic heterocycles.